The smallest absolute Gasteiger partial charge is 0.196 e. The summed E-state index contributed by atoms with van der Waals surface area (Å²) in [5, 5.41) is 0.807. The van der Waals surface area contributed by atoms with Gasteiger partial charge in [0.15, 0.2) is 5.78 Å². The summed E-state index contributed by atoms with van der Waals surface area (Å²) in [5.41, 5.74) is 1.72. The number of benzene rings is 2. The molecule has 0 radical (unpaired) electrons. The molecule has 2 nitrogen and oxygen atoms in total. The van der Waals surface area contributed by atoms with Gasteiger partial charge in [-0.25, -0.2) is 0 Å². The van der Waals surface area contributed by atoms with Crippen LogP contribution < -0.4 is 4.74 Å². The van der Waals surface area contributed by atoms with E-state index in [2.05, 4.69) is 0 Å². The molecule has 98 valence electrons. The molecule has 0 saturated carbocycles. The van der Waals surface area contributed by atoms with Gasteiger partial charge in [0.2, 0.25) is 0 Å². The Bertz CT molecular complexity index is 636. The van der Waals surface area contributed by atoms with Crippen LogP contribution >= 0.6 is 23.2 Å². The maximum absolute atomic E-state index is 12.4. The largest absolute Gasteiger partial charge is 0.497 e. The summed E-state index contributed by atoms with van der Waals surface area (Å²) in [7, 11) is 1.55. The van der Waals surface area contributed by atoms with E-state index >= 15 is 0 Å². The van der Waals surface area contributed by atoms with Gasteiger partial charge in [-0.3, -0.25) is 4.79 Å². The highest BCUT2D eigenvalue weighted by Gasteiger charge is 2.17. The minimum Gasteiger partial charge on any atom is -0.497 e. The first kappa shape index (κ1) is 13.9. The fourth-order valence-corrected chi connectivity index (χ4v) is 2.24. The third-order valence-corrected chi connectivity index (χ3v) is 3.67. The van der Waals surface area contributed by atoms with Crippen LogP contribution in [0.4, 0.5) is 0 Å². The van der Waals surface area contributed by atoms with Crippen LogP contribution in [0, 0.1) is 6.92 Å². The third-order valence-electron chi connectivity index (χ3n) is 2.86. The van der Waals surface area contributed by atoms with Gasteiger partial charge in [-0.15, -0.1) is 0 Å². The van der Waals surface area contributed by atoms with Gasteiger partial charge in [-0.05, 0) is 36.8 Å². The molecule has 0 saturated heterocycles. The van der Waals surface area contributed by atoms with Gasteiger partial charge >= 0.3 is 0 Å². The molecule has 2 aromatic carbocycles. The van der Waals surface area contributed by atoms with Crippen molar-refractivity contribution in [1.29, 1.82) is 0 Å². The zero-order valence-electron chi connectivity index (χ0n) is 10.5. The highest BCUT2D eigenvalue weighted by atomic mass is 35.5. The van der Waals surface area contributed by atoms with Crippen LogP contribution in [0.2, 0.25) is 10.0 Å². The van der Waals surface area contributed by atoms with Crippen molar-refractivity contribution in [2.75, 3.05) is 7.11 Å². The Morgan fingerprint density at radius 3 is 2.47 bits per heavy atom. The maximum atomic E-state index is 12.4. The molecule has 0 amide bonds. The predicted molar refractivity (Wildman–Crippen MR) is 77.6 cm³/mol. The molecule has 0 bridgehead atoms. The Labute approximate surface area is 121 Å². The van der Waals surface area contributed by atoms with Crippen LogP contribution in [0.1, 0.15) is 21.5 Å². The SMILES string of the molecule is COc1ccc(C(=O)c2cccc(C)c2Cl)c(Cl)c1. The monoisotopic (exact) mass is 294 g/mol. The zero-order valence-corrected chi connectivity index (χ0v) is 12.0. The van der Waals surface area contributed by atoms with Gasteiger partial charge in [-0.2, -0.15) is 0 Å². The summed E-state index contributed by atoms with van der Waals surface area (Å²) in [5.74, 6) is 0.415. The minimum absolute atomic E-state index is 0.193. The maximum Gasteiger partial charge on any atom is 0.196 e. The van der Waals surface area contributed by atoms with E-state index in [9.17, 15) is 4.79 Å². The van der Waals surface area contributed by atoms with Crippen LogP contribution in [0.15, 0.2) is 36.4 Å². The van der Waals surface area contributed by atoms with Crippen molar-refractivity contribution in [3.05, 3.63) is 63.1 Å². The summed E-state index contributed by atoms with van der Waals surface area (Å²) in [6.07, 6.45) is 0. The summed E-state index contributed by atoms with van der Waals surface area (Å²) in [4.78, 5) is 12.4. The number of carbonyl (C=O) groups excluding carboxylic acids is 1. The van der Waals surface area contributed by atoms with E-state index in [1.54, 1.807) is 37.4 Å². The van der Waals surface area contributed by atoms with Crippen molar-refractivity contribution in [3.8, 4) is 5.75 Å². The Morgan fingerprint density at radius 1 is 1.11 bits per heavy atom. The number of rotatable bonds is 3. The van der Waals surface area contributed by atoms with E-state index in [1.807, 2.05) is 13.0 Å². The predicted octanol–water partition coefficient (Wildman–Crippen LogP) is 4.54. The Hall–Kier alpha value is -1.51. The molecule has 0 fully saturated rings. The summed E-state index contributed by atoms with van der Waals surface area (Å²) in [6, 6.07) is 10.3. The first-order chi connectivity index (χ1) is 9.04. The normalized spacial score (nSPS) is 10.3. The average Bonchev–Trinajstić information content (AvgIpc) is 2.41. The van der Waals surface area contributed by atoms with Gasteiger partial charge in [0, 0.05) is 11.1 Å². The lowest BCUT2D eigenvalue weighted by molar-refractivity contribution is 0.103. The second-order valence-electron chi connectivity index (χ2n) is 4.11. The van der Waals surface area contributed by atoms with Gasteiger partial charge < -0.3 is 4.74 Å². The second kappa shape index (κ2) is 5.64. The van der Waals surface area contributed by atoms with E-state index < -0.39 is 0 Å². The Morgan fingerprint density at radius 2 is 1.84 bits per heavy atom. The van der Waals surface area contributed by atoms with E-state index in [1.165, 1.54) is 0 Å². The van der Waals surface area contributed by atoms with Crippen LogP contribution in [-0.2, 0) is 0 Å². The van der Waals surface area contributed by atoms with Crippen LogP contribution in [0.5, 0.6) is 5.75 Å². The molecule has 4 heteroatoms. The highest BCUT2D eigenvalue weighted by molar-refractivity contribution is 6.38. The summed E-state index contributed by atoms with van der Waals surface area (Å²) < 4.78 is 5.06. The number of aryl methyl sites for hydroxylation is 1. The number of carbonyl (C=O) groups is 1. The summed E-state index contributed by atoms with van der Waals surface area (Å²) in [6.45, 7) is 1.86. The van der Waals surface area contributed by atoms with E-state index in [0.717, 1.165) is 5.56 Å². The van der Waals surface area contributed by atoms with Crippen molar-refractivity contribution in [2.45, 2.75) is 6.92 Å². The topological polar surface area (TPSA) is 26.3 Å². The van der Waals surface area contributed by atoms with Crippen molar-refractivity contribution in [2.24, 2.45) is 0 Å². The quantitative estimate of drug-likeness (QED) is 0.777. The third kappa shape index (κ3) is 2.75. The molecule has 0 unspecified atom stereocenters. The molecule has 0 aliphatic heterocycles. The molecule has 0 aromatic heterocycles. The molecule has 2 aromatic rings. The van der Waals surface area contributed by atoms with Crippen molar-refractivity contribution >= 4 is 29.0 Å². The number of methoxy groups -OCH3 is 1. The van der Waals surface area contributed by atoms with Crippen molar-refractivity contribution in [1.82, 2.24) is 0 Å². The van der Waals surface area contributed by atoms with E-state index in [0.29, 0.717) is 26.9 Å². The fourth-order valence-electron chi connectivity index (χ4n) is 1.77. The van der Waals surface area contributed by atoms with Crippen LogP contribution in [0.3, 0.4) is 0 Å². The number of halogens is 2. The Kier molecular flexibility index (Phi) is 4.13. The second-order valence-corrected chi connectivity index (χ2v) is 4.90. The zero-order chi connectivity index (χ0) is 14.0. The first-order valence-corrected chi connectivity index (χ1v) is 6.43. The molecule has 19 heavy (non-hydrogen) atoms. The van der Waals surface area contributed by atoms with Gasteiger partial charge in [0.25, 0.3) is 0 Å². The molecule has 0 aliphatic rings. The molecule has 2 rings (SSSR count). The van der Waals surface area contributed by atoms with Gasteiger partial charge in [0.1, 0.15) is 5.75 Å². The van der Waals surface area contributed by atoms with Gasteiger partial charge in [0.05, 0.1) is 17.2 Å². The van der Waals surface area contributed by atoms with E-state index in [-0.39, 0.29) is 5.78 Å². The highest BCUT2D eigenvalue weighted by Crippen LogP contribution is 2.28. The molecule has 0 heterocycles. The number of hydrogen-bond donors (Lipinski definition) is 0. The number of hydrogen-bond acceptors (Lipinski definition) is 2. The number of ether oxygens (including phenoxy) is 1. The van der Waals surface area contributed by atoms with Crippen LogP contribution in [0.25, 0.3) is 0 Å². The fraction of sp³-hybridized carbons (Fsp3) is 0.133. The molecular formula is C15H12Cl2O2. The van der Waals surface area contributed by atoms with E-state index in [4.69, 9.17) is 27.9 Å². The average molecular weight is 295 g/mol. The molecule has 0 spiro atoms. The van der Waals surface area contributed by atoms with Crippen molar-refractivity contribution < 1.29 is 9.53 Å². The number of ketones is 1. The molecular weight excluding hydrogens is 283 g/mol. The summed E-state index contributed by atoms with van der Waals surface area (Å²) >= 11 is 12.3. The van der Waals surface area contributed by atoms with Crippen molar-refractivity contribution in [3.63, 3.8) is 0 Å². The first-order valence-electron chi connectivity index (χ1n) is 5.68. The van der Waals surface area contributed by atoms with Crippen LogP contribution in [-0.4, -0.2) is 12.9 Å². The molecule has 0 aliphatic carbocycles. The minimum atomic E-state index is -0.193. The standard InChI is InChI=1S/C15H12Cl2O2/c1-9-4-3-5-12(14(9)17)15(18)11-7-6-10(19-2)8-13(11)16/h3-8H,1-2H3. The van der Waals surface area contributed by atoms with Gasteiger partial charge in [-0.1, -0.05) is 35.3 Å². The Balaban J connectivity index is 2.47. The lowest BCUT2D eigenvalue weighted by Gasteiger charge is -2.08. The lowest BCUT2D eigenvalue weighted by atomic mass is 10.0. The molecule has 0 atom stereocenters. The molecule has 0 N–H and O–H groups in total. The lowest BCUT2D eigenvalue weighted by Crippen LogP contribution is -2.04.